The summed E-state index contributed by atoms with van der Waals surface area (Å²) in [6.07, 6.45) is 2.78. The fourth-order valence-corrected chi connectivity index (χ4v) is 5.12. The van der Waals surface area contributed by atoms with Crippen molar-refractivity contribution < 1.29 is 18.3 Å². The zero-order valence-corrected chi connectivity index (χ0v) is 15.7. The van der Waals surface area contributed by atoms with E-state index in [1.807, 2.05) is 4.57 Å². The van der Waals surface area contributed by atoms with Gasteiger partial charge in [-0.2, -0.15) is 9.97 Å². The van der Waals surface area contributed by atoms with E-state index in [0.29, 0.717) is 37.3 Å². The number of ether oxygens (including phenoxy) is 1. The molecule has 2 aromatic heterocycles. The van der Waals surface area contributed by atoms with E-state index in [9.17, 15) is 4.57 Å². The van der Waals surface area contributed by atoms with E-state index in [1.54, 1.807) is 20.2 Å². The van der Waals surface area contributed by atoms with Gasteiger partial charge in [-0.1, -0.05) is 11.6 Å². The van der Waals surface area contributed by atoms with Crippen LogP contribution in [-0.4, -0.2) is 44.7 Å². The highest BCUT2D eigenvalue weighted by Gasteiger charge is 2.42. The predicted molar refractivity (Wildman–Crippen MR) is 93.5 cm³/mol. The fourth-order valence-electron chi connectivity index (χ4n) is 2.93. The molecule has 0 radical (unpaired) electrons. The molecular formula is C14H21ClN5O4P. The third-order valence-corrected chi connectivity index (χ3v) is 6.49. The van der Waals surface area contributed by atoms with Crippen molar-refractivity contribution in [3.63, 3.8) is 0 Å². The Labute approximate surface area is 150 Å². The van der Waals surface area contributed by atoms with E-state index in [4.69, 9.17) is 31.1 Å². The Balaban J connectivity index is 1.74. The van der Waals surface area contributed by atoms with Gasteiger partial charge in [-0.15, -0.1) is 0 Å². The second-order valence-electron chi connectivity index (χ2n) is 5.61. The summed E-state index contributed by atoms with van der Waals surface area (Å²) in [5.74, 6) is -0.483. The van der Waals surface area contributed by atoms with Crippen molar-refractivity contribution in [3.8, 4) is 0 Å². The van der Waals surface area contributed by atoms with E-state index in [0.717, 1.165) is 6.42 Å². The number of rotatable bonds is 7. The molecule has 1 fully saturated rings. The number of hydrogen-bond donors (Lipinski definition) is 1. The Hall–Kier alpha value is -1.25. The van der Waals surface area contributed by atoms with Gasteiger partial charge in [-0.3, -0.25) is 4.57 Å². The van der Waals surface area contributed by atoms with E-state index in [-0.39, 0.29) is 17.2 Å². The molecule has 0 amide bonds. The third-order valence-electron chi connectivity index (χ3n) is 3.90. The molecule has 0 aliphatic carbocycles. The quantitative estimate of drug-likeness (QED) is 0.567. The molecule has 1 saturated heterocycles. The Bertz CT molecular complexity index is 791. The maximum Gasteiger partial charge on any atom is 0.359 e. The molecule has 0 spiro atoms. The van der Waals surface area contributed by atoms with Crippen LogP contribution < -0.4 is 5.73 Å². The molecule has 138 valence electrons. The predicted octanol–water partition coefficient (Wildman–Crippen LogP) is 2.83. The van der Waals surface area contributed by atoms with Crippen molar-refractivity contribution in [1.29, 1.82) is 0 Å². The molecule has 25 heavy (non-hydrogen) atoms. The number of nitrogens with zero attached hydrogens (tertiary/aromatic N) is 4. The molecule has 3 heterocycles. The SMILES string of the molecule is CCOP(=O)(OCC)C1CCC(Cn2cnc3nc(N)nc(Cl)c32)O1. The average molecular weight is 390 g/mol. The van der Waals surface area contributed by atoms with Gasteiger partial charge in [0.2, 0.25) is 5.95 Å². The summed E-state index contributed by atoms with van der Waals surface area (Å²) in [7, 11) is -3.27. The first kappa shape index (κ1) is 18.5. The first-order valence-electron chi connectivity index (χ1n) is 8.15. The smallest absolute Gasteiger partial charge is 0.359 e. The second kappa shape index (κ2) is 7.55. The van der Waals surface area contributed by atoms with Crippen molar-refractivity contribution >= 4 is 36.3 Å². The molecule has 1 aliphatic heterocycles. The lowest BCUT2D eigenvalue weighted by Gasteiger charge is -2.23. The van der Waals surface area contributed by atoms with Gasteiger partial charge < -0.3 is 24.1 Å². The Morgan fingerprint density at radius 1 is 1.36 bits per heavy atom. The van der Waals surface area contributed by atoms with Gasteiger partial charge in [0, 0.05) is 0 Å². The Morgan fingerprint density at radius 3 is 2.76 bits per heavy atom. The van der Waals surface area contributed by atoms with Crippen LogP contribution in [0, 0.1) is 0 Å². The molecule has 3 rings (SSSR count). The van der Waals surface area contributed by atoms with Crippen molar-refractivity contribution in [2.45, 2.75) is 45.2 Å². The van der Waals surface area contributed by atoms with Crippen LogP contribution in [0.3, 0.4) is 0 Å². The van der Waals surface area contributed by atoms with Crippen LogP contribution in [0.4, 0.5) is 5.95 Å². The van der Waals surface area contributed by atoms with Crippen LogP contribution >= 0.6 is 19.2 Å². The lowest BCUT2D eigenvalue weighted by atomic mass is 10.2. The topological polar surface area (TPSA) is 114 Å². The monoisotopic (exact) mass is 389 g/mol. The van der Waals surface area contributed by atoms with E-state index >= 15 is 0 Å². The summed E-state index contributed by atoms with van der Waals surface area (Å²) >= 11 is 6.16. The standard InChI is InChI=1S/C14H21ClN5O4P/c1-3-22-25(21,23-4-2)10-6-5-9(24-10)7-20-8-17-13-11(20)12(15)18-14(16)19-13/h8-10H,3-7H2,1-2H3,(H2,16,18,19). The molecule has 2 unspecified atom stereocenters. The van der Waals surface area contributed by atoms with Crippen molar-refractivity contribution in [1.82, 2.24) is 19.5 Å². The zero-order valence-electron chi connectivity index (χ0n) is 14.1. The second-order valence-corrected chi connectivity index (χ2v) is 8.14. The Morgan fingerprint density at radius 2 is 2.08 bits per heavy atom. The van der Waals surface area contributed by atoms with Gasteiger partial charge in [0.15, 0.2) is 16.6 Å². The number of hydrogen-bond acceptors (Lipinski definition) is 8. The number of fused-ring (bicyclic) bond motifs is 1. The Kier molecular flexibility index (Phi) is 5.60. The van der Waals surface area contributed by atoms with Crippen LogP contribution in [0.25, 0.3) is 11.2 Å². The maximum absolute atomic E-state index is 12.8. The maximum atomic E-state index is 12.8. The molecule has 1 aliphatic rings. The molecule has 11 heteroatoms. The summed E-state index contributed by atoms with van der Waals surface area (Å²) in [5.41, 5.74) is 6.61. The largest absolute Gasteiger partial charge is 0.368 e. The summed E-state index contributed by atoms with van der Waals surface area (Å²) < 4.78 is 31.3. The lowest BCUT2D eigenvalue weighted by molar-refractivity contribution is 0.0521. The summed E-state index contributed by atoms with van der Waals surface area (Å²) in [6.45, 7) is 4.66. The van der Waals surface area contributed by atoms with Crippen LogP contribution in [-0.2, 0) is 24.9 Å². The van der Waals surface area contributed by atoms with Gasteiger partial charge in [0.05, 0.1) is 32.2 Å². The van der Waals surface area contributed by atoms with Crippen LogP contribution in [0.5, 0.6) is 0 Å². The minimum Gasteiger partial charge on any atom is -0.368 e. The van der Waals surface area contributed by atoms with Crippen molar-refractivity contribution in [2.75, 3.05) is 18.9 Å². The van der Waals surface area contributed by atoms with E-state index < -0.39 is 13.4 Å². The minimum absolute atomic E-state index is 0.0781. The number of nitrogens with two attached hydrogens (primary N) is 1. The van der Waals surface area contributed by atoms with Gasteiger partial charge >= 0.3 is 7.60 Å². The number of aromatic nitrogens is 4. The van der Waals surface area contributed by atoms with E-state index in [2.05, 4.69) is 15.0 Å². The molecule has 0 bridgehead atoms. The van der Waals surface area contributed by atoms with Gasteiger partial charge in [-0.25, -0.2) is 4.98 Å². The number of imidazole rings is 1. The van der Waals surface area contributed by atoms with Gasteiger partial charge in [0.1, 0.15) is 5.52 Å². The molecule has 2 aromatic rings. The average Bonchev–Trinajstić information content (AvgIpc) is 3.16. The molecular weight excluding hydrogens is 369 g/mol. The molecule has 2 atom stereocenters. The summed E-state index contributed by atoms with van der Waals surface area (Å²) in [5, 5.41) is 0.240. The highest BCUT2D eigenvalue weighted by atomic mass is 35.5. The summed E-state index contributed by atoms with van der Waals surface area (Å²) in [6, 6.07) is 0. The minimum atomic E-state index is -3.27. The number of halogens is 1. The third kappa shape index (κ3) is 3.80. The first-order chi connectivity index (χ1) is 12.0. The molecule has 2 N–H and O–H groups in total. The van der Waals surface area contributed by atoms with Crippen LogP contribution in [0.2, 0.25) is 5.15 Å². The van der Waals surface area contributed by atoms with E-state index in [1.165, 1.54) is 0 Å². The molecule has 9 nitrogen and oxygen atoms in total. The highest BCUT2D eigenvalue weighted by Crippen LogP contribution is 2.57. The number of anilines is 1. The lowest BCUT2D eigenvalue weighted by Crippen LogP contribution is -2.19. The zero-order chi connectivity index (χ0) is 18.0. The molecule has 0 saturated carbocycles. The highest BCUT2D eigenvalue weighted by molar-refractivity contribution is 7.54. The van der Waals surface area contributed by atoms with Gasteiger partial charge in [-0.05, 0) is 26.7 Å². The normalized spacial score (nSPS) is 21.2. The van der Waals surface area contributed by atoms with Gasteiger partial charge in [0.25, 0.3) is 0 Å². The van der Waals surface area contributed by atoms with Crippen molar-refractivity contribution in [2.24, 2.45) is 0 Å². The fraction of sp³-hybridized carbons (Fsp3) is 0.643. The summed E-state index contributed by atoms with van der Waals surface area (Å²) in [4.78, 5) is 12.2. The van der Waals surface area contributed by atoms with Crippen LogP contribution in [0.15, 0.2) is 6.33 Å². The van der Waals surface area contributed by atoms with Crippen LogP contribution in [0.1, 0.15) is 26.7 Å². The molecule has 0 aromatic carbocycles. The first-order valence-corrected chi connectivity index (χ1v) is 10.1. The number of nitrogen functional groups attached to an aromatic ring is 1. The van der Waals surface area contributed by atoms with Crippen molar-refractivity contribution in [3.05, 3.63) is 11.5 Å².